The number of nitro groups is 1. The van der Waals surface area contributed by atoms with E-state index >= 15 is 0 Å². The Kier molecular flexibility index (Phi) is 6.45. The summed E-state index contributed by atoms with van der Waals surface area (Å²) in [4.78, 5) is 29.4. The Bertz CT molecular complexity index is 1170. The minimum absolute atomic E-state index is 0.152. The molecule has 1 saturated heterocycles. The average Bonchev–Trinajstić information content (AvgIpc) is 3.30. The van der Waals surface area contributed by atoms with Gasteiger partial charge in [0.25, 0.3) is 0 Å². The van der Waals surface area contributed by atoms with Crippen molar-refractivity contribution < 1.29 is 32.7 Å². The normalized spacial score (nSPS) is 24.6. The standard InChI is InChI=1S/C23H26F3N5O5/c1-21(8-4-6-16-5-3-7-17(11-16)23(24,25)26)13-28(20(32)33)9-10-30(21)15-22(2)14-29-12-18(31(34)35)27-19(29)36-22/h3-7,11-12H,8-10,13-15H2,1-2H3,(H,32,33)/b6-4-/t21?,22-/m1/s1. The number of rotatable bonds is 6. The summed E-state index contributed by atoms with van der Waals surface area (Å²) in [5.74, 6) is -0.299. The van der Waals surface area contributed by atoms with Crippen LogP contribution in [0.3, 0.4) is 0 Å². The van der Waals surface area contributed by atoms with Gasteiger partial charge in [0.15, 0.2) is 0 Å². The Hall–Kier alpha value is -3.61. The van der Waals surface area contributed by atoms with E-state index in [-0.39, 0.29) is 24.9 Å². The number of hydrogen-bond acceptors (Lipinski definition) is 6. The topological polar surface area (TPSA) is 114 Å². The highest BCUT2D eigenvalue weighted by molar-refractivity contribution is 5.65. The van der Waals surface area contributed by atoms with Crippen LogP contribution in [0.1, 0.15) is 31.4 Å². The summed E-state index contributed by atoms with van der Waals surface area (Å²) < 4.78 is 46.7. The maximum atomic E-state index is 13.0. The van der Waals surface area contributed by atoms with Crippen molar-refractivity contribution in [2.45, 2.75) is 44.1 Å². The fourth-order valence-corrected chi connectivity index (χ4v) is 4.76. The maximum absolute atomic E-state index is 13.0. The zero-order valence-electron chi connectivity index (χ0n) is 19.7. The highest BCUT2D eigenvalue weighted by Crippen LogP contribution is 2.35. The van der Waals surface area contributed by atoms with Gasteiger partial charge in [-0.05, 0) is 42.9 Å². The molecule has 0 saturated carbocycles. The molecule has 10 nitrogen and oxygen atoms in total. The van der Waals surface area contributed by atoms with Crippen molar-refractivity contribution in [1.29, 1.82) is 0 Å². The third-order valence-electron chi connectivity index (χ3n) is 6.57. The zero-order valence-corrected chi connectivity index (χ0v) is 19.7. The molecule has 1 aromatic carbocycles. The molecular formula is C23H26F3N5O5. The van der Waals surface area contributed by atoms with E-state index in [9.17, 15) is 33.2 Å². The van der Waals surface area contributed by atoms with Crippen LogP contribution >= 0.6 is 0 Å². The molecule has 36 heavy (non-hydrogen) atoms. The van der Waals surface area contributed by atoms with Crippen LogP contribution in [0.25, 0.3) is 6.08 Å². The number of alkyl halides is 3. The molecular weight excluding hydrogens is 483 g/mol. The zero-order chi connectivity index (χ0) is 26.3. The van der Waals surface area contributed by atoms with Crippen molar-refractivity contribution >= 4 is 18.0 Å². The van der Waals surface area contributed by atoms with Gasteiger partial charge in [-0.15, -0.1) is 0 Å². The molecule has 0 bridgehead atoms. The van der Waals surface area contributed by atoms with Crippen molar-refractivity contribution in [2.24, 2.45) is 0 Å². The van der Waals surface area contributed by atoms with Crippen LogP contribution < -0.4 is 4.74 Å². The molecule has 3 heterocycles. The largest absolute Gasteiger partial charge is 0.465 e. The van der Waals surface area contributed by atoms with Gasteiger partial charge in [0.2, 0.25) is 0 Å². The molecule has 0 aliphatic carbocycles. The fourth-order valence-electron chi connectivity index (χ4n) is 4.76. The van der Waals surface area contributed by atoms with Gasteiger partial charge in [-0.3, -0.25) is 9.47 Å². The van der Waals surface area contributed by atoms with Gasteiger partial charge < -0.3 is 24.9 Å². The lowest BCUT2D eigenvalue weighted by molar-refractivity contribution is -0.389. The molecule has 2 aliphatic heterocycles. The lowest BCUT2D eigenvalue weighted by Gasteiger charge is -2.49. The van der Waals surface area contributed by atoms with Crippen LogP contribution in [-0.2, 0) is 12.7 Å². The summed E-state index contributed by atoms with van der Waals surface area (Å²) in [5, 5.41) is 20.5. The van der Waals surface area contributed by atoms with E-state index in [1.807, 2.05) is 13.8 Å². The van der Waals surface area contributed by atoms with Crippen molar-refractivity contribution in [1.82, 2.24) is 19.4 Å². The summed E-state index contributed by atoms with van der Waals surface area (Å²) in [5.41, 5.74) is -1.77. The maximum Gasteiger partial charge on any atom is 0.416 e. The van der Waals surface area contributed by atoms with Crippen LogP contribution in [-0.4, -0.2) is 72.8 Å². The van der Waals surface area contributed by atoms with Crippen molar-refractivity contribution in [3.05, 3.63) is 57.8 Å². The smallest absolute Gasteiger partial charge is 0.416 e. The van der Waals surface area contributed by atoms with Gasteiger partial charge in [-0.2, -0.15) is 13.2 Å². The highest BCUT2D eigenvalue weighted by atomic mass is 19.4. The number of fused-ring (bicyclic) bond motifs is 1. The Labute approximate surface area is 204 Å². The molecule has 1 N–H and O–H groups in total. The van der Waals surface area contributed by atoms with Crippen molar-refractivity contribution in [3.63, 3.8) is 0 Å². The van der Waals surface area contributed by atoms with E-state index in [0.717, 1.165) is 12.1 Å². The van der Waals surface area contributed by atoms with Crippen LogP contribution in [0.4, 0.5) is 23.8 Å². The number of ether oxygens (including phenoxy) is 1. The van der Waals surface area contributed by atoms with E-state index < -0.39 is 33.9 Å². The molecule has 13 heteroatoms. The number of benzene rings is 1. The first kappa shape index (κ1) is 25.5. The third kappa shape index (κ3) is 5.30. The van der Waals surface area contributed by atoms with Crippen LogP contribution in [0.2, 0.25) is 0 Å². The number of amides is 1. The monoisotopic (exact) mass is 509 g/mol. The fraction of sp³-hybridized carbons (Fsp3) is 0.478. The van der Waals surface area contributed by atoms with E-state index in [4.69, 9.17) is 4.74 Å². The van der Waals surface area contributed by atoms with E-state index in [2.05, 4.69) is 9.88 Å². The number of carboxylic acid groups (broad SMARTS) is 1. The number of aromatic nitrogens is 2. The number of hydrogen-bond donors (Lipinski definition) is 1. The molecule has 0 spiro atoms. The predicted octanol–water partition coefficient (Wildman–Crippen LogP) is 4.12. The molecule has 1 fully saturated rings. The lowest BCUT2D eigenvalue weighted by atomic mass is 9.89. The molecule has 1 aromatic heterocycles. The van der Waals surface area contributed by atoms with Gasteiger partial charge in [0.05, 0.1) is 12.1 Å². The summed E-state index contributed by atoms with van der Waals surface area (Å²) in [6, 6.07) is 5.14. The van der Waals surface area contributed by atoms with Gasteiger partial charge >= 0.3 is 24.1 Å². The first-order valence-corrected chi connectivity index (χ1v) is 11.3. The van der Waals surface area contributed by atoms with Gasteiger partial charge in [-0.1, -0.05) is 24.3 Å². The second kappa shape index (κ2) is 9.12. The predicted molar refractivity (Wildman–Crippen MR) is 123 cm³/mol. The highest BCUT2D eigenvalue weighted by Gasteiger charge is 2.46. The summed E-state index contributed by atoms with van der Waals surface area (Å²) in [7, 11) is 0. The van der Waals surface area contributed by atoms with Crippen LogP contribution in [0.5, 0.6) is 6.01 Å². The molecule has 2 aliphatic rings. The first-order valence-electron chi connectivity index (χ1n) is 11.3. The Morgan fingerprint density at radius 3 is 2.69 bits per heavy atom. The van der Waals surface area contributed by atoms with Gasteiger partial charge in [0, 0.05) is 36.7 Å². The molecule has 2 aromatic rings. The number of carbonyl (C=O) groups is 1. The first-order chi connectivity index (χ1) is 16.8. The molecule has 0 radical (unpaired) electrons. The molecule has 1 unspecified atom stereocenters. The minimum atomic E-state index is -4.44. The summed E-state index contributed by atoms with van der Waals surface area (Å²) >= 11 is 0. The SMILES string of the molecule is CC1(C/C=C\c2cccc(C(F)(F)F)c2)CN(C(=O)O)CCN1C[C@@]1(C)Cn2cc([N+](=O)[O-])nc2O1. The average molecular weight is 509 g/mol. The Morgan fingerprint density at radius 1 is 1.31 bits per heavy atom. The van der Waals surface area contributed by atoms with E-state index in [1.54, 1.807) is 22.8 Å². The number of piperazine rings is 1. The van der Waals surface area contributed by atoms with Crippen LogP contribution in [0, 0.1) is 10.1 Å². The number of halogens is 3. The second-order valence-electron chi connectivity index (χ2n) is 9.67. The van der Waals surface area contributed by atoms with Gasteiger partial charge in [0.1, 0.15) is 11.8 Å². The van der Waals surface area contributed by atoms with Crippen molar-refractivity contribution in [3.8, 4) is 6.01 Å². The minimum Gasteiger partial charge on any atom is -0.465 e. The quantitative estimate of drug-likeness (QED) is 0.460. The summed E-state index contributed by atoms with van der Waals surface area (Å²) in [6.07, 6.45) is -0.443. The molecule has 1 amide bonds. The van der Waals surface area contributed by atoms with Gasteiger partial charge in [-0.25, -0.2) is 4.79 Å². The Morgan fingerprint density at radius 2 is 2.06 bits per heavy atom. The van der Waals surface area contributed by atoms with Crippen molar-refractivity contribution in [2.75, 3.05) is 26.2 Å². The Balaban J connectivity index is 1.51. The molecule has 4 rings (SSSR count). The second-order valence-corrected chi connectivity index (χ2v) is 9.67. The lowest BCUT2D eigenvalue weighted by Crippen LogP contribution is -2.64. The van der Waals surface area contributed by atoms with E-state index in [0.29, 0.717) is 31.6 Å². The van der Waals surface area contributed by atoms with Crippen LogP contribution in [0.15, 0.2) is 36.5 Å². The summed E-state index contributed by atoms with van der Waals surface area (Å²) in [6.45, 7) is 5.39. The number of nitrogens with zero attached hydrogens (tertiary/aromatic N) is 5. The third-order valence-corrected chi connectivity index (χ3v) is 6.57. The van der Waals surface area contributed by atoms with E-state index in [1.165, 1.54) is 17.2 Å². The number of imidazole rings is 1. The molecule has 194 valence electrons. The molecule has 2 atom stereocenters.